The number of benzene rings is 2. The van der Waals surface area contributed by atoms with E-state index in [0.29, 0.717) is 29.6 Å². The van der Waals surface area contributed by atoms with Crippen molar-refractivity contribution in [2.45, 2.75) is 25.4 Å². The second kappa shape index (κ2) is 7.08. The molecule has 0 spiro atoms. The number of nitrogen functional groups attached to an aromatic ring is 1. The topological polar surface area (TPSA) is 78.0 Å². The van der Waals surface area contributed by atoms with E-state index in [1.54, 1.807) is 16.8 Å². The number of nitrogens with zero attached hydrogens (tertiary/aromatic N) is 3. The second-order valence-electron chi connectivity index (χ2n) is 6.32. The summed E-state index contributed by atoms with van der Waals surface area (Å²) in [5, 5.41) is 7.91. The van der Waals surface area contributed by atoms with Gasteiger partial charge in [0.2, 0.25) is 11.9 Å². The second-order valence-corrected chi connectivity index (χ2v) is 6.73. The van der Waals surface area contributed by atoms with Gasteiger partial charge in [0.15, 0.2) is 0 Å². The van der Waals surface area contributed by atoms with Gasteiger partial charge < -0.3 is 15.8 Å². The summed E-state index contributed by atoms with van der Waals surface area (Å²) in [4.78, 5) is 4.24. The van der Waals surface area contributed by atoms with Gasteiger partial charge in [-0.15, -0.1) is 5.10 Å². The molecule has 2 heterocycles. The third kappa shape index (κ3) is 3.30. The van der Waals surface area contributed by atoms with Gasteiger partial charge in [-0.2, -0.15) is 4.98 Å². The number of ether oxygens (including phenoxy) is 1. The highest BCUT2D eigenvalue weighted by molar-refractivity contribution is 6.31. The van der Waals surface area contributed by atoms with Crippen molar-refractivity contribution in [2.24, 2.45) is 0 Å². The number of hydrogen-bond donors (Lipinski definition) is 2. The van der Waals surface area contributed by atoms with Crippen LogP contribution in [0, 0.1) is 5.82 Å². The Balaban J connectivity index is 1.73. The maximum absolute atomic E-state index is 14.6. The zero-order chi connectivity index (χ0) is 19.0. The average Bonchev–Trinajstić information content (AvgIpc) is 3.02. The summed E-state index contributed by atoms with van der Waals surface area (Å²) >= 11 is 6.32. The molecule has 0 saturated carbocycles. The van der Waals surface area contributed by atoms with Crippen LogP contribution in [-0.2, 0) is 0 Å². The van der Waals surface area contributed by atoms with E-state index in [-0.39, 0.29) is 17.8 Å². The lowest BCUT2D eigenvalue weighted by atomic mass is 9.93. The van der Waals surface area contributed by atoms with Crippen LogP contribution in [0.15, 0.2) is 42.5 Å². The standard InChI is InChI=1S/C19H19ClFN5O/c1-2-27-12-8-6-11(7-9-12)15-10-16(17-13(20)4-3-5-14(17)21)26-19(23-15)24-18(22)25-26/h3-9,15-16H,2,10H2,1H3,(H3,22,23,24,25)/t15-,16-/m1/s1. The molecule has 3 aromatic rings. The third-order valence-corrected chi connectivity index (χ3v) is 4.96. The van der Waals surface area contributed by atoms with Crippen LogP contribution in [0.3, 0.4) is 0 Å². The van der Waals surface area contributed by atoms with E-state index in [2.05, 4.69) is 15.4 Å². The van der Waals surface area contributed by atoms with Crippen molar-refractivity contribution in [3.8, 4) is 5.75 Å². The van der Waals surface area contributed by atoms with Gasteiger partial charge in [0.05, 0.1) is 18.7 Å². The zero-order valence-electron chi connectivity index (χ0n) is 14.7. The fourth-order valence-electron chi connectivity index (χ4n) is 3.45. The number of hydrogen-bond acceptors (Lipinski definition) is 5. The zero-order valence-corrected chi connectivity index (χ0v) is 15.4. The van der Waals surface area contributed by atoms with Crippen molar-refractivity contribution in [1.29, 1.82) is 0 Å². The summed E-state index contributed by atoms with van der Waals surface area (Å²) in [6.07, 6.45) is 0.546. The fraction of sp³-hybridized carbons (Fsp3) is 0.263. The molecule has 2 aromatic carbocycles. The monoisotopic (exact) mass is 387 g/mol. The Morgan fingerprint density at radius 1 is 1.30 bits per heavy atom. The Bertz CT molecular complexity index is 939. The van der Waals surface area contributed by atoms with Crippen molar-refractivity contribution in [2.75, 3.05) is 17.7 Å². The molecule has 2 atom stereocenters. The molecule has 0 unspecified atom stereocenters. The molecule has 0 saturated heterocycles. The molecule has 140 valence electrons. The molecule has 0 radical (unpaired) electrons. The number of fused-ring (bicyclic) bond motifs is 1. The largest absolute Gasteiger partial charge is 0.494 e. The smallest absolute Gasteiger partial charge is 0.241 e. The minimum Gasteiger partial charge on any atom is -0.494 e. The number of rotatable bonds is 4. The molecule has 27 heavy (non-hydrogen) atoms. The van der Waals surface area contributed by atoms with Crippen molar-refractivity contribution in [3.05, 3.63) is 64.4 Å². The van der Waals surface area contributed by atoms with Gasteiger partial charge in [-0.05, 0) is 43.2 Å². The van der Waals surface area contributed by atoms with Crippen LogP contribution in [0.2, 0.25) is 5.02 Å². The minimum atomic E-state index is -0.420. The van der Waals surface area contributed by atoms with Crippen LogP contribution in [-0.4, -0.2) is 21.4 Å². The lowest BCUT2D eigenvalue weighted by molar-refractivity contribution is 0.340. The van der Waals surface area contributed by atoms with Gasteiger partial charge in [-0.25, -0.2) is 9.07 Å². The first-order chi connectivity index (χ1) is 13.1. The average molecular weight is 388 g/mol. The molecule has 1 aliphatic rings. The third-order valence-electron chi connectivity index (χ3n) is 4.63. The maximum Gasteiger partial charge on any atom is 0.241 e. The molecule has 0 aliphatic carbocycles. The van der Waals surface area contributed by atoms with Crippen LogP contribution in [0.25, 0.3) is 0 Å². The highest BCUT2D eigenvalue weighted by Gasteiger charge is 2.33. The Labute approximate surface area is 161 Å². The van der Waals surface area contributed by atoms with Gasteiger partial charge >= 0.3 is 0 Å². The molecule has 1 aromatic heterocycles. The molecule has 1 aliphatic heterocycles. The van der Waals surface area contributed by atoms with E-state index in [1.165, 1.54) is 6.07 Å². The van der Waals surface area contributed by atoms with Gasteiger partial charge in [0, 0.05) is 10.6 Å². The van der Waals surface area contributed by atoms with Crippen molar-refractivity contribution in [1.82, 2.24) is 14.8 Å². The minimum absolute atomic E-state index is 0.0996. The first-order valence-electron chi connectivity index (χ1n) is 8.72. The maximum atomic E-state index is 14.6. The SMILES string of the molecule is CCOc1ccc([C@H]2C[C@H](c3c(F)cccc3Cl)n3nc(N)nc3N2)cc1. The Hall–Kier alpha value is -2.80. The molecule has 0 fully saturated rings. The van der Waals surface area contributed by atoms with Gasteiger partial charge in [-0.3, -0.25) is 0 Å². The number of nitrogens with one attached hydrogen (secondary N) is 1. The number of anilines is 2. The Morgan fingerprint density at radius 2 is 2.07 bits per heavy atom. The van der Waals surface area contributed by atoms with Crippen molar-refractivity contribution >= 4 is 23.5 Å². The van der Waals surface area contributed by atoms with E-state index in [1.807, 2.05) is 31.2 Å². The van der Waals surface area contributed by atoms with E-state index >= 15 is 0 Å². The van der Waals surface area contributed by atoms with E-state index in [0.717, 1.165) is 11.3 Å². The number of halogens is 2. The van der Waals surface area contributed by atoms with E-state index < -0.39 is 6.04 Å². The quantitative estimate of drug-likeness (QED) is 0.701. The van der Waals surface area contributed by atoms with Gasteiger partial charge in [0.25, 0.3) is 0 Å². The van der Waals surface area contributed by atoms with Gasteiger partial charge in [-0.1, -0.05) is 29.8 Å². The van der Waals surface area contributed by atoms with Crippen LogP contribution in [0.1, 0.15) is 36.6 Å². The van der Waals surface area contributed by atoms with Crippen LogP contribution in [0.4, 0.5) is 16.3 Å². The molecule has 0 amide bonds. The summed E-state index contributed by atoms with van der Waals surface area (Å²) in [6, 6.07) is 11.9. The number of aromatic nitrogens is 3. The lowest BCUT2D eigenvalue weighted by Gasteiger charge is -2.32. The predicted octanol–water partition coefficient (Wildman–Crippen LogP) is 4.20. The summed E-state index contributed by atoms with van der Waals surface area (Å²) in [7, 11) is 0. The number of nitrogens with two attached hydrogens (primary N) is 1. The predicted molar refractivity (Wildman–Crippen MR) is 103 cm³/mol. The molecule has 0 bridgehead atoms. The Kier molecular flexibility index (Phi) is 4.61. The first-order valence-corrected chi connectivity index (χ1v) is 9.10. The van der Waals surface area contributed by atoms with Crippen LogP contribution in [0.5, 0.6) is 5.75 Å². The molecular formula is C19H19ClFN5O. The van der Waals surface area contributed by atoms with Gasteiger partial charge in [0.1, 0.15) is 11.6 Å². The summed E-state index contributed by atoms with van der Waals surface area (Å²) in [5.74, 6) is 1.04. The molecule has 8 heteroatoms. The summed E-state index contributed by atoms with van der Waals surface area (Å²) in [5.41, 5.74) is 7.21. The fourth-order valence-corrected chi connectivity index (χ4v) is 3.73. The van der Waals surface area contributed by atoms with Crippen molar-refractivity contribution in [3.63, 3.8) is 0 Å². The van der Waals surface area contributed by atoms with Crippen molar-refractivity contribution < 1.29 is 9.13 Å². The summed E-state index contributed by atoms with van der Waals surface area (Å²) in [6.45, 7) is 2.55. The molecular weight excluding hydrogens is 369 g/mol. The highest BCUT2D eigenvalue weighted by atomic mass is 35.5. The Morgan fingerprint density at radius 3 is 2.78 bits per heavy atom. The van der Waals surface area contributed by atoms with Crippen LogP contribution < -0.4 is 15.8 Å². The van der Waals surface area contributed by atoms with E-state index in [4.69, 9.17) is 22.1 Å². The van der Waals surface area contributed by atoms with E-state index in [9.17, 15) is 4.39 Å². The lowest BCUT2D eigenvalue weighted by Crippen LogP contribution is -2.28. The highest BCUT2D eigenvalue weighted by Crippen LogP contribution is 2.41. The first kappa shape index (κ1) is 17.6. The van der Waals surface area contributed by atoms with Crippen LogP contribution >= 0.6 is 11.6 Å². The molecule has 6 nitrogen and oxygen atoms in total. The normalized spacial score (nSPS) is 18.6. The summed E-state index contributed by atoms with van der Waals surface area (Å²) < 4.78 is 21.7. The molecule has 3 N–H and O–H groups in total. The molecule has 4 rings (SSSR count).